The van der Waals surface area contributed by atoms with E-state index in [0.717, 1.165) is 30.8 Å². The Labute approximate surface area is 106 Å². The Kier molecular flexibility index (Phi) is 3.79. The SMILES string of the molecule is Cc1nc(C(=O)N2CCCC[C@H]2[C@@H](C)N)cs1. The number of rotatable bonds is 2. The smallest absolute Gasteiger partial charge is 0.273 e. The van der Waals surface area contributed by atoms with E-state index in [1.807, 2.05) is 24.1 Å². The second kappa shape index (κ2) is 5.14. The van der Waals surface area contributed by atoms with E-state index in [2.05, 4.69) is 4.98 Å². The topological polar surface area (TPSA) is 59.2 Å². The van der Waals surface area contributed by atoms with Crippen molar-refractivity contribution in [2.45, 2.75) is 45.2 Å². The predicted octanol–water partition coefficient (Wildman–Crippen LogP) is 1.79. The molecule has 2 rings (SSSR count). The van der Waals surface area contributed by atoms with E-state index >= 15 is 0 Å². The van der Waals surface area contributed by atoms with Crippen LogP contribution in [0.3, 0.4) is 0 Å². The largest absolute Gasteiger partial charge is 0.333 e. The highest BCUT2D eigenvalue weighted by molar-refractivity contribution is 7.09. The van der Waals surface area contributed by atoms with Gasteiger partial charge in [0.1, 0.15) is 5.69 Å². The second-order valence-electron chi connectivity index (χ2n) is 4.67. The van der Waals surface area contributed by atoms with Crippen molar-refractivity contribution >= 4 is 17.2 Å². The first-order valence-electron chi connectivity index (χ1n) is 6.08. The molecule has 4 nitrogen and oxygen atoms in total. The summed E-state index contributed by atoms with van der Waals surface area (Å²) in [6.07, 6.45) is 3.23. The Bertz CT molecular complexity index is 402. The van der Waals surface area contributed by atoms with E-state index in [1.165, 1.54) is 11.3 Å². The van der Waals surface area contributed by atoms with E-state index in [4.69, 9.17) is 5.73 Å². The molecule has 0 bridgehead atoms. The van der Waals surface area contributed by atoms with Gasteiger partial charge in [-0.3, -0.25) is 4.79 Å². The third kappa shape index (κ3) is 2.66. The van der Waals surface area contributed by atoms with Crippen LogP contribution in [0.1, 0.15) is 41.7 Å². The second-order valence-corrected chi connectivity index (χ2v) is 5.73. The van der Waals surface area contributed by atoms with E-state index < -0.39 is 0 Å². The molecule has 2 heterocycles. The third-order valence-corrected chi connectivity index (χ3v) is 4.03. The fourth-order valence-corrected chi connectivity index (χ4v) is 2.95. The van der Waals surface area contributed by atoms with Crippen LogP contribution < -0.4 is 5.73 Å². The molecule has 1 aromatic rings. The Hall–Kier alpha value is -0.940. The predicted molar refractivity (Wildman–Crippen MR) is 69.2 cm³/mol. The summed E-state index contributed by atoms with van der Waals surface area (Å²) in [5, 5.41) is 2.77. The maximum Gasteiger partial charge on any atom is 0.273 e. The number of carbonyl (C=O) groups excluding carboxylic acids is 1. The lowest BCUT2D eigenvalue weighted by Gasteiger charge is -2.37. The zero-order valence-electron chi connectivity index (χ0n) is 10.3. The fraction of sp³-hybridized carbons (Fsp3) is 0.667. The average molecular weight is 253 g/mol. The fourth-order valence-electron chi connectivity index (χ4n) is 2.36. The zero-order valence-corrected chi connectivity index (χ0v) is 11.2. The van der Waals surface area contributed by atoms with Crippen LogP contribution in [0.25, 0.3) is 0 Å². The van der Waals surface area contributed by atoms with Gasteiger partial charge in [0.2, 0.25) is 0 Å². The Morgan fingerprint density at radius 1 is 1.65 bits per heavy atom. The number of thiazole rings is 1. The summed E-state index contributed by atoms with van der Waals surface area (Å²) in [6.45, 7) is 4.70. The molecule has 0 aliphatic carbocycles. The molecule has 94 valence electrons. The lowest BCUT2D eigenvalue weighted by molar-refractivity contribution is 0.0578. The standard InChI is InChI=1S/C12H19N3OS/c1-8(13)11-5-3-4-6-15(11)12(16)10-7-17-9(2)14-10/h7-8,11H,3-6,13H2,1-2H3/t8-,11+/m1/s1. The number of hydrogen-bond donors (Lipinski definition) is 1. The Morgan fingerprint density at radius 3 is 3.00 bits per heavy atom. The molecule has 1 aliphatic heterocycles. The highest BCUT2D eigenvalue weighted by atomic mass is 32.1. The van der Waals surface area contributed by atoms with Crippen LogP contribution in [0.2, 0.25) is 0 Å². The zero-order chi connectivity index (χ0) is 12.4. The molecule has 1 aliphatic rings. The summed E-state index contributed by atoms with van der Waals surface area (Å²) in [5.41, 5.74) is 6.54. The van der Waals surface area contributed by atoms with Crippen LogP contribution in [0.4, 0.5) is 0 Å². The first-order chi connectivity index (χ1) is 8.09. The maximum atomic E-state index is 12.3. The molecular formula is C12H19N3OS. The minimum Gasteiger partial charge on any atom is -0.333 e. The van der Waals surface area contributed by atoms with E-state index in [9.17, 15) is 4.79 Å². The van der Waals surface area contributed by atoms with Crippen molar-refractivity contribution in [1.29, 1.82) is 0 Å². The molecule has 1 amide bonds. The van der Waals surface area contributed by atoms with Gasteiger partial charge >= 0.3 is 0 Å². The van der Waals surface area contributed by atoms with Crippen LogP contribution in [0.5, 0.6) is 0 Å². The number of likely N-dealkylation sites (tertiary alicyclic amines) is 1. The molecule has 5 heteroatoms. The van der Waals surface area contributed by atoms with Gasteiger partial charge in [0.15, 0.2) is 0 Å². The van der Waals surface area contributed by atoms with Gasteiger partial charge in [0.05, 0.1) is 5.01 Å². The summed E-state index contributed by atoms with van der Waals surface area (Å²) >= 11 is 1.52. The van der Waals surface area contributed by atoms with Gasteiger partial charge in [-0.25, -0.2) is 4.98 Å². The third-order valence-electron chi connectivity index (χ3n) is 3.26. The molecular weight excluding hydrogens is 234 g/mol. The van der Waals surface area contributed by atoms with Gasteiger partial charge in [0.25, 0.3) is 5.91 Å². The van der Waals surface area contributed by atoms with Gasteiger partial charge in [-0.15, -0.1) is 11.3 Å². The van der Waals surface area contributed by atoms with E-state index in [-0.39, 0.29) is 18.0 Å². The number of nitrogens with zero attached hydrogens (tertiary/aromatic N) is 2. The molecule has 1 aromatic heterocycles. The number of nitrogens with two attached hydrogens (primary N) is 1. The molecule has 1 fully saturated rings. The lowest BCUT2D eigenvalue weighted by atomic mass is 9.96. The molecule has 0 unspecified atom stereocenters. The monoisotopic (exact) mass is 253 g/mol. The number of aromatic nitrogens is 1. The summed E-state index contributed by atoms with van der Waals surface area (Å²) in [6, 6.07) is 0.192. The van der Waals surface area contributed by atoms with Crippen molar-refractivity contribution in [3.05, 3.63) is 16.1 Å². The van der Waals surface area contributed by atoms with E-state index in [1.54, 1.807) is 0 Å². The Morgan fingerprint density at radius 2 is 2.41 bits per heavy atom. The Balaban J connectivity index is 2.16. The van der Waals surface area contributed by atoms with Gasteiger partial charge in [-0.2, -0.15) is 0 Å². The van der Waals surface area contributed by atoms with Crippen LogP contribution in [0.15, 0.2) is 5.38 Å². The van der Waals surface area contributed by atoms with Gasteiger partial charge in [0, 0.05) is 24.0 Å². The van der Waals surface area contributed by atoms with Gasteiger partial charge in [-0.05, 0) is 33.1 Å². The van der Waals surface area contributed by atoms with Crippen LogP contribution in [-0.4, -0.2) is 34.4 Å². The number of aryl methyl sites for hydroxylation is 1. The quantitative estimate of drug-likeness (QED) is 0.874. The van der Waals surface area contributed by atoms with Crippen LogP contribution >= 0.6 is 11.3 Å². The van der Waals surface area contributed by atoms with Crippen molar-refractivity contribution in [2.24, 2.45) is 5.73 Å². The maximum absolute atomic E-state index is 12.3. The molecule has 17 heavy (non-hydrogen) atoms. The number of hydrogen-bond acceptors (Lipinski definition) is 4. The summed E-state index contributed by atoms with van der Waals surface area (Å²) in [7, 11) is 0. The first kappa shape index (κ1) is 12.5. The first-order valence-corrected chi connectivity index (χ1v) is 6.96. The van der Waals surface area contributed by atoms with Crippen molar-refractivity contribution in [3.63, 3.8) is 0 Å². The minimum absolute atomic E-state index is 0.0268. The number of piperidine rings is 1. The molecule has 0 spiro atoms. The lowest BCUT2D eigenvalue weighted by Crippen LogP contribution is -2.51. The van der Waals surface area contributed by atoms with Crippen molar-refractivity contribution in [1.82, 2.24) is 9.88 Å². The highest BCUT2D eigenvalue weighted by Gasteiger charge is 2.30. The molecule has 2 atom stereocenters. The average Bonchev–Trinajstić information content (AvgIpc) is 2.75. The normalized spacial score (nSPS) is 22.5. The van der Waals surface area contributed by atoms with Gasteiger partial charge < -0.3 is 10.6 Å². The van der Waals surface area contributed by atoms with Crippen molar-refractivity contribution in [2.75, 3.05) is 6.54 Å². The molecule has 1 saturated heterocycles. The van der Waals surface area contributed by atoms with Crippen molar-refractivity contribution in [3.8, 4) is 0 Å². The van der Waals surface area contributed by atoms with E-state index in [0.29, 0.717) is 5.69 Å². The number of carbonyl (C=O) groups is 1. The molecule has 2 N–H and O–H groups in total. The highest BCUT2D eigenvalue weighted by Crippen LogP contribution is 2.22. The number of amides is 1. The molecule has 0 radical (unpaired) electrons. The van der Waals surface area contributed by atoms with Gasteiger partial charge in [-0.1, -0.05) is 0 Å². The molecule has 0 saturated carbocycles. The van der Waals surface area contributed by atoms with Crippen LogP contribution in [0, 0.1) is 6.92 Å². The van der Waals surface area contributed by atoms with Crippen molar-refractivity contribution < 1.29 is 4.79 Å². The minimum atomic E-state index is 0.0268. The van der Waals surface area contributed by atoms with Crippen LogP contribution in [-0.2, 0) is 0 Å². The molecule has 0 aromatic carbocycles. The summed E-state index contributed by atoms with van der Waals surface area (Å²) in [5.74, 6) is 0.0383. The summed E-state index contributed by atoms with van der Waals surface area (Å²) in [4.78, 5) is 18.5. The summed E-state index contributed by atoms with van der Waals surface area (Å²) < 4.78 is 0.